The molecule has 1 saturated heterocycles. The van der Waals surface area contributed by atoms with Gasteiger partial charge in [-0.1, -0.05) is 54.1 Å². The highest BCUT2D eigenvalue weighted by atomic mass is 35.5. The maximum atomic E-state index is 6.48. The Hall–Kier alpha value is -1.35. The number of ether oxygens (including phenoxy) is 1. The van der Waals surface area contributed by atoms with Crippen LogP contribution in [-0.2, 0) is 10.3 Å². The van der Waals surface area contributed by atoms with Crippen LogP contribution in [0.3, 0.4) is 0 Å². The Labute approximate surface area is 150 Å². The molecule has 0 amide bonds. The van der Waals surface area contributed by atoms with E-state index in [1.165, 1.54) is 24.9 Å². The fourth-order valence-corrected chi connectivity index (χ4v) is 3.73. The average molecular weight is 344 g/mol. The second-order valence-corrected chi connectivity index (χ2v) is 7.26. The summed E-state index contributed by atoms with van der Waals surface area (Å²) < 4.78 is 6.48. The maximum Gasteiger partial charge on any atom is 0.115 e. The number of likely N-dealkylation sites (tertiary alicyclic amines) is 1. The third-order valence-corrected chi connectivity index (χ3v) is 5.49. The average Bonchev–Trinajstić information content (AvgIpc) is 3.01. The Morgan fingerprint density at radius 3 is 2.38 bits per heavy atom. The van der Waals surface area contributed by atoms with Crippen LogP contribution in [0.1, 0.15) is 37.3 Å². The molecule has 0 spiro atoms. The van der Waals surface area contributed by atoms with Gasteiger partial charge in [-0.15, -0.1) is 0 Å². The zero-order valence-corrected chi connectivity index (χ0v) is 15.3. The first-order valence-electron chi connectivity index (χ1n) is 8.75. The molecule has 1 aliphatic heterocycles. The minimum atomic E-state index is -0.455. The summed E-state index contributed by atoms with van der Waals surface area (Å²) in [6, 6.07) is 19.1. The van der Waals surface area contributed by atoms with Crippen molar-refractivity contribution in [3.63, 3.8) is 0 Å². The van der Waals surface area contributed by atoms with Gasteiger partial charge in [0.25, 0.3) is 0 Å². The van der Waals surface area contributed by atoms with Crippen molar-refractivity contribution in [2.45, 2.75) is 37.8 Å². The smallest absolute Gasteiger partial charge is 0.115 e. The summed E-state index contributed by atoms with van der Waals surface area (Å²) in [6.45, 7) is 4.12. The Kier molecular flexibility index (Phi) is 5.60. The molecule has 2 atom stereocenters. The molecule has 0 saturated carbocycles. The van der Waals surface area contributed by atoms with Gasteiger partial charge in [-0.2, -0.15) is 0 Å². The summed E-state index contributed by atoms with van der Waals surface area (Å²) in [6.07, 6.45) is 3.66. The van der Waals surface area contributed by atoms with Crippen LogP contribution in [0.15, 0.2) is 54.6 Å². The first kappa shape index (κ1) is 17.5. The van der Waals surface area contributed by atoms with Crippen LogP contribution in [-0.4, -0.2) is 31.1 Å². The van der Waals surface area contributed by atoms with Crippen molar-refractivity contribution in [3.8, 4) is 0 Å². The molecule has 2 nitrogen and oxygen atoms in total. The summed E-state index contributed by atoms with van der Waals surface area (Å²) in [5.41, 5.74) is 1.85. The van der Waals surface area contributed by atoms with Crippen LogP contribution in [0, 0.1) is 0 Å². The molecule has 0 radical (unpaired) electrons. The summed E-state index contributed by atoms with van der Waals surface area (Å²) >= 11 is 6.07. The molecule has 3 rings (SSSR count). The first-order chi connectivity index (χ1) is 11.6. The van der Waals surface area contributed by atoms with Crippen LogP contribution < -0.4 is 0 Å². The van der Waals surface area contributed by atoms with Gasteiger partial charge in [0, 0.05) is 17.7 Å². The normalized spacial score (nSPS) is 20.9. The molecule has 1 fully saturated rings. The van der Waals surface area contributed by atoms with Crippen molar-refractivity contribution in [1.29, 1.82) is 0 Å². The summed E-state index contributed by atoms with van der Waals surface area (Å²) in [5, 5.41) is 0.752. The van der Waals surface area contributed by atoms with E-state index in [0.717, 1.165) is 23.6 Å². The standard InChI is InChI=1S/C21H26ClNO/c1-21(17-7-4-3-5-8-17,18-10-12-19(22)13-11-18)24-16-14-20-9-6-15-23(20)2/h3-5,7-8,10-13,20H,6,9,14-16H2,1-2H3/t20-,21?/m1/s1. The Bertz CT molecular complexity index is 643. The van der Waals surface area contributed by atoms with Crippen molar-refractivity contribution in [1.82, 2.24) is 4.90 Å². The molecular weight excluding hydrogens is 318 g/mol. The molecule has 0 bridgehead atoms. The van der Waals surface area contributed by atoms with E-state index in [2.05, 4.69) is 55.3 Å². The van der Waals surface area contributed by atoms with Crippen molar-refractivity contribution < 1.29 is 4.74 Å². The minimum Gasteiger partial charge on any atom is -0.366 e. The fourth-order valence-electron chi connectivity index (χ4n) is 3.60. The summed E-state index contributed by atoms with van der Waals surface area (Å²) in [4.78, 5) is 2.45. The number of halogens is 1. The molecule has 24 heavy (non-hydrogen) atoms. The molecule has 2 aromatic carbocycles. The Morgan fingerprint density at radius 2 is 1.75 bits per heavy atom. The van der Waals surface area contributed by atoms with Gasteiger partial charge in [0.05, 0.1) is 0 Å². The van der Waals surface area contributed by atoms with E-state index in [1.54, 1.807) is 0 Å². The lowest BCUT2D eigenvalue weighted by Crippen LogP contribution is -2.31. The number of nitrogens with zero attached hydrogens (tertiary/aromatic N) is 1. The van der Waals surface area contributed by atoms with Crippen molar-refractivity contribution in [2.75, 3.05) is 20.2 Å². The quantitative estimate of drug-likeness (QED) is 0.723. The SMILES string of the molecule is CN1CCC[C@@H]1CCOC(C)(c1ccccc1)c1ccc(Cl)cc1. The van der Waals surface area contributed by atoms with E-state index in [0.29, 0.717) is 6.04 Å². The van der Waals surface area contributed by atoms with Crippen LogP contribution in [0.5, 0.6) is 0 Å². The fraction of sp³-hybridized carbons (Fsp3) is 0.429. The Balaban J connectivity index is 1.78. The van der Waals surface area contributed by atoms with Gasteiger partial charge in [-0.3, -0.25) is 0 Å². The molecule has 2 aromatic rings. The lowest BCUT2D eigenvalue weighted by atomic mass is 9.88. The molecule has 0 N–H and O–H groups in total. The van der Waals surface area contributed by atoms with E-state index >= 15 is 0 Å². The Morgan fingerprint density at radius 1 is 1.08 bits per heavy atom. The molecule has 0 aliphatic carbocycles. The third kappa shape index (κ3) is 3.83. The number of hydrogen-bond donors (Lipinski definition) is 0. The highest BCUT2D eigenvalue weighted by Crippen LogP contribution is 2.34. The highest BCUT2D eigenvalue weighted by Gasteiger charge is 2.30. The monoisotopic (exact) mass is 343 g/mol. The van der Waals surface area contributed by atoms with E-state index in [-0.39, 0.29) is 0 Å². The van der Waals surface area contributed by atoms with Crippen LogP contribution in [0.2, 0.25) is 5.02 Å². The lowest BCUT2D eigenvalue weighted by molar-refractivity contribution is -0.0117. The van der Waals surface area contributed by atoms with Gasteiger partial charge in [0.1, 0.15) is 5.60 Å². The molecule has 3 heteroatoms. The third-order valence-electron chi connectivity index (χ3n) is 5.23. The summed E-state index contributed by atoms with van der Waals surface area (Å²) in [7, 11) is 2.22. The van der Waals surface area contributed by atoms with Crippen LogP contribution in [0.25, 0.3) is 0 Å². The van der Waals surface area contributed by atoms with E-state index in [1.807, 2.05) is 18.2 Å². The van der Waals surface area contributed by atoms with Gasteiger partial charge < -0.3 is 9.64 Å². The minimum absolute atomic E-state index is 0.455. The van der Waals surface area contributed by atoms with Gasteiger partial charge in [-0.05, 0) is 63.0 Å². The van der Waals surface area contributed by atoms with Gasteiger partial charge >= 0.3 is 0 Å². The number of hydrogen-bond acceptors (Lipinski definition) is 2. The van der Waals surface area contributed by atoms with Crippen molar-refractivity contribution in [3.05, 3.63) is 70.7 Å². The predicted molar refractivity (Wildman–Crippen MR) is 101 cm³/mol. The van der Waals surface area contributed by atoms with E-state index in [9.17, 15) is 0 Å². The van der Waals surface area contributed by atoms with Crippen molar-refractivity contribution >= 4 is 11.6 Å². The second-order valence-electron chi connectivity index (χ2n) is 6.82. The van der Waals surface area contributed by atoms with Gasteiger partial charge in [0.2, 0.25) is 0 Å². The molecular formula is C21H26ClNO. The van der Waals surface area contributed by atoms with E-state index in [4.69, 9.17) is 16.3 Å². The maximum absolute atomic E-state index is 6.48. The van der Waals surface area contributed by atoms with Crippen molar-refractivity contribution in [2.24, 2.45) is 0 Å². The highest BCUT2D eigenvalue weighted by molar-refractivity contribution is 6.30. The van der Waals surface area contributed by atoms with Crippen LogP contribution in [0.4, 0.5) is 0 Å². The zero-order valence-electron chi connectivity index (χ0n) is 14.5. The first-order valence-corrected chi connectivity index (χ1v) is 9.13. The van der Waals surface area contributed by atoms with Gasteiger partial charge in [-0.25, -0.2) is 0 Å². The number of benzene rings is 2. The lowest BCUT2D eigenvalue weighted by Gasteiger charge is -2.32. The summed E-state index contributed by atoms with van der Waals surface area (Å²) in [5.74, 6) is 0. The molecule has 1 unspecified atom stereocenters. The van der Waals surface area contributed by atoms with Crippen LogP contribution >= 0.6 is 11.6 Å². The zero-order chi connectivity index (χ0) is 17.0. The predicted octanol–water partition coefficient (Wildman–Crippen LogP) is 5.10. The van der Waals surface area contributed by atoms with E-state index < -0.39 is 5.60 Å². The van der Waals surface area contributed by atoms with Gasteiger partial charge in [0.15, 0.2) is 0 Å². The molecule has 1 heterocycles. The molecule has 1 aliphatic rings. The molecule has 0 aromatic heterocycles. The number of rotatable bonds is 6. The topological polar surface area (TPSA) is 12.5 Å². The largest absolute Gasteiger partial charge is 0.366 e. The molecule has 128 valence electrons. The second kappa shape index (κ2) is 7.69.